The van der Waals surface area contributed by atoms with E-state index >= 15 is 0 Å². The molecule has 0 fully saturated rings. The molecule has 6 heteroatoms. The van der Waals surface area contributed by atoms with Crippen molar-refractivity contribution in [2.24, 2.45) is 4.99 Å². The molecule has 0 saturated heterocycles. The van der Waals surface area contributed by atoms with Crippen LogP contribution in [-0.4, -0.2) is 22.5 Å². The molecule has 0 spiro atoms. The van der Waals surface area contributed by atoms with Crippen molar-refractivity contribution in [3.63, 3.8) is 0 Å². The molecule has 1 aliphatic heterocycles. The lowest BCUT2D eigenvalue weighted by Gasteiger charge is -2.34. The van der Waals surface area contributed by atoms with Crippen LogP contribution < -0.4 is 0 Å². The van der Waals surface area contributed by atoms with Crippen molar-refractivity contribution in [3.8, 4) is 0 Å². The molecule has 0 aliphatic carbocycles. The zero-order valence-electron chi connectivity index (χ0n) is 15.5. The minimum absolute atomic E-state index is 0.00265. The van der Waals surface area contributed by atoms with Crippen LogP contribution in [0.1, 0.15) is 31.4 Å². The summed E-state index contributed by atoms with van der Waals surface area (Å²) in [5.74, 6) is -1.39. The van der Waals surface area contributed by atoms with Crippen molar-refractivity contribution >= 4 is 28.4 Å². The summed E-state index contributed by atoms with van der Waals surface area (Å²) in [5.41, 5.74) is 1.38. The van der Waals surface area contributed by atoms with Gasteiger partial charge in [0.25, 0.3) is 0 Å². The van der Waals surface area contributed by atoms with Gasteiger partial charge in [-0.2, -0.15) is 0 Å². The fourth-order valence-corrected chi connectivity index (χ4v) is 3.64. The number of ether oxygens (including phenoxy) is 1. The van der Waals surface area contributed by atoms with Gasteiger partial charge in [0.1, 0.15) is 11.1 Å². The Balaban J connectivity index is 1.68. The zero-order valence-corrected chi connectivity index (χ0v) is 16.3. The molecular formula is C22H19ClF2N2O. The number of aliphatic imine (C=N–C) groups is 1. The maximum Gasteiger partial charge on any atom is 0.218 e. The molecule has 1 aliphatic rings. The van der Waals surface area contributed by atoms with Crippen LogP contribution in [0.25, 0.3) is 10.9 Å². The fourth-order valence-electron chi connectivity index (χ4n) is 3.51. The molecule has 4 rings (SSSR count). The molecular weight excluding hydrogens is 382 g/mol. The van der Waals surface area contributed by atoms with Crippen LogP contribution in [-0.2, 0) is 11.2 Å². The summed E-state index contributed by atoms with van der Waals surface area (Å²) in [6, 6.07) is 12.1. The zero-order chi connectivity index (χ0) is 19.9. The maximum atomic E-state index is 13.9. The fraction of sp³-hybridized carbons (Fsp3) is 0.273. The number of rotatable bonds is 3. The van der Waals surface area contributed by atoms with Crippen molar-refractivity contribution < 1.29 is 13.5 Å². The molecule has 2 heterocycles. The van der Waals surface area contributed by atoms with Crippen LogP contribution >= 0.6 is 11.6 Å². The van der Waals surface area contributed by atoms with Gasteiger partial charge in [0.05, 0.1) is 11.6 Å². The number of halogens is 3. The Kier molecular flexibility index (Phi) is 4.79. The first-order chi connectivity index (χ1) is 13.3. The second-order valence-corrected chi connectivity index (χ2v) is 8.08. The van der Waals surface area contributed by atoms with Gasteiger partial charge in [0.2, 0.25) is 5.90 Å². The molecule has 0 N–H and O–H groups in total. The van der Waals surface area contributed by atoms with Crippen LogP contribution in [0, 0.1) is 11.6 Å². The SMILES string of the molecule is CC1(C)CC(Cc2ccc(Cl)cc2)N=C(c2cnc3c(F)c(F)ccc3c2)O1. The molecule has 1 atom stereocenters. The molecule has 0 saturated carbocycles. The Morgan fingerprint density at radius 3 is 2.64 bits per heavy atom. The van der Waals surface area contributed by atoms with Crippen molar-refractivity contribution in [3.05, 3.63) is 76.4 Å². The highest BCUT2D eigenvalue weighted by atomic mass is 35.5. The van der Waals surface area contributed by atoms with E-state index in [9.17, 15) is 8.78 Å². The number of pyridine rings is 1. The first-order valence-electron chi connectivity index (χ1n) is 9.06. The Morgan fingerprint density at radius 2 is 1.89 bits per heavy atom. The lowest BCUT2D eigenvalue weighted by atomic mass is 9.93. The highest BCUT2D eigenvalue weighted by Crippen LogP contribution is 2.29. The smallest absolute Gasteiger partial charge is 0.218 e. The van der Waals surface area contributed by atoms with Gasteiger partial charge in [0.15, 0.2) is 11.6 Å². The molecule has 1 unspecified atom stereocenters. The molecule has 1 aromatic heterocycles. The number of nitrogens with zero attached hydrogens (tertiary/aromatic N) is 2. The van der Waals surface area contributed by atoms with Gasteiger partial charge < -0.3 is 4.74 Å². The van der Waals surface area contributed by atoms with E-state index in [0.717, 1.165) is 24.5 Å². The third kappa shape index (κ3) is 3.85. The number of hydrogen-bond donors (Lipinski definition) is 0. The summed E-state index contributed by atoms with van der Waals surface area (Å²) in [6.45, 7) is 4.03. The summed E-state index contributed by atoms with van der Waals surface area (Å²) in [7, 11) is 0. The number of fused-ring (bicyclic) bond motifs is 1. The Labute approximate surface area is 167 Å². The van der Waals surface area contributed by atoms with Gasteiger partial charge >= 0.3 is 0 Å². The molecule has 28 heavy (non-hydrogen) atoms. The lowest BCUT2D eigenvalue weighted by Crippen LogP contribution is -2.38. The van der Waals surface area contributed by atoms with E-state index in [1.54, 1.807) is 6.07 Å². The predicted molar refractivity (Wildman–Crippen MR) is 107 cm³/mol. The third-order valence-corrected chi connectivity index (χ3v) is 5.03. The van der Waals surface area contributed by atoms with E-state index in [2.05, 4.69) is 4.98 Å². The standard InChI is InChI=1S/C22H19ClF2N2O/c1-22(2)11-17(9-13-3-6-16(23)7-4-13)27-21(28-22)15-10-14-5-8-18(24)19(25)20(14)26-12-15/h3-8,10,12,17H,9,11H2,1-2H3. The normalized spacial score (nSPS) is 18.6. The van der Waals surface area contributed by atoms with E-state index in [0.29, 0.717) is 21.9 Å². The predicted octanol–water partition coefficient (Wildman–Crippen LogP) is 5.72. The second-order valence-electron chi connectivity index (χ2n) is 7.64. The Morgan fingerprint density at radius 1 is 1.14 bits per heavy atom. The molecule has 3 aromatic rings. The van der Waals surface area contributed by atoms with Crippen LogP contribution in [0.3, 0.4) is 0 Å². The van der Waals surface area contributed by atoms with Gasteiger partial charge in [0, 0.05) is 23.0 Å². The van der Waals surface area contributed by atoms with Crippen molar-refractivity contribution in [1.29, 1.82) is 0 Å². The average Bonchev–Trinajstić information content (AvgIpc) is 2.65. The quantitative estimate of drug-likeness (QED) is 0.563. The van der Waals surface area contributed by atoms with Crippen molar-refractivity contribution in [1.82, 2.24) is 4.98 Å². The third-order valence-electron chi connectivity index (χ3n) is 4.78. The maximum absolute atomic E-state index is 13.9. The molecule has 144 valence electrons. The highest BCUT2D eigenvalue weighted by Gasteiger charge is 2.32. The monoisotopic (exact) mass is 400 g/mol. The van der Waals surface area contributed by atoms with Crippen LogP contribution in [0.15, 0.2) is 53.7 Å². The Hall–Kier alpha value is -2.53. The summed E-state index contributed by atoms with van der Waals surface area (Å²) >= 11 is 5.97. The molecule has 0 radical (unpaired) electrons. The number of aromatic nitrogens is 1. The first-order valence-corrected chi connectivity index (χ1v) is 9.44. The van der Waals surface area contributed by atoms with Crippen molar-refractivity contribution in [2.75, 3.05) is 0 Å². The van der Waals surface area contributed by atoms with E-state index < -0.39 is 17.2 Å². The molecule has 3 nitrogen and oxygen atoms in total. The lowest BCUT2D eigenvalue weighted by molar-refractivity contribution is 0.0634. The highest BCUT2D eigenvalue weighted by molar-refractivity contribution is 6.30. The summed E-state index contributed by atoms with van der Waals surface area (Å²) in [5, 5.41) is 1.20. The minimum atomic E-state index is -0.948. The number of hydrogen-bond acceptors (Lipinski definition) is 3. The van der Waals surface area contributed by atoms with Gasteiger partial charge in [-0.25, -0.2) is 13.8 Å². The largest absolute Gasteiger partial charge is 0.471 e. The van der Waals surface area contributed by atoms with Crippen molar-refractivity contribution in [2.45, 2.75) is 38.3 Å². The average molecular weight is 401 g/mol. The van der Waals surface area contributed by atoms with Crippen LogP contribution in [0.4, 0.5) is 8.78 Å². The van der Waals surface area contributed by atoms with Gasteiger partial charge in [-0.15, -0.1) is 0 Å². The van der Waals surface area contributed by atoms with Gasteiger partial charge in [-0.3, -0.25) is 4.98 Å². The first kappa shape index (κ1) is 18.8. The van der Waals surface area contributed by atoms with Crippen LogP contribution in [0.2, 0.25) is 5.02 Å². The summed E-state index contributed by atoms with van der Waals surface area (Å²) < 4.78 is 33.4. The molecule has 2 aromatic carbocycles. The summed E-state index contributed by atoms with van der Waals surface area (Å²) in [4.78, 5) is 8.86. The van der Waals surface area contributed by atoms with E-state index in [4.69, 9.17) is 21.3 Å². The van der Waals surface area contributed by atoms with E-state index in [1.807, 2.05) is 38.1 Å². The minimum Gasteiger partial charge on any atom is -0.471 e. The number of benzene rings is 2. The second kappa shape index (κ2) is 7.13. The topological polar surface area (TPSA) is 34.5 Å². The Bertz CT molecular complexity index is 1060. The molecule has 0 amide bonds. The van der Waals surface area contributed by atoms with E-state index in [1.165, 1.54) is 12.3 Å². The van der Waals surface area contributed by atoms with Crippen LogP contribution in [0.5, 0.6) is 0 Å². The van der Waals surface area contributed by atoms with E-state index in [-0.39, 0.29) is 11.6 Å². The van der Waals surface area contributed by atoms with Gasteiger partial charge in [-0.1, -0.05) is 23.7 Å². The molecule has 0 bridgehead atoms. The summed E-state index contributed by atoms with van der Waals surface area (Å²) in [6.07, 6.45) is 3.00. The van der Waals surface area contributed by atoms with Gasteiger partial charge in [-0.05, 0) is 56.2 Å².